The number of carbonyl (C=O) groups excluding carboxylic acids is 2. The van der Waals surface area contributed by atoms with Gasteiger partial charge < -0.3 is 10.1 Å². The van der Waals surface area contributed by atoms with Crippen LogP contribution in [0.5, 0.6) is 0 Å². The average molecular weight is 336 g/mol. The maximum Gasteiger partial charge on any atom is 0.309 e. The third-order valence-corrected chi connectivity index (χ3v) is 4.25. The van der Waals surface area contributed by atoms with Crippen molar-refractivity contribution in [3.8, 4) is 0 Å². The normalized spacial score (nSPS) is 15.9. The Morgan fingerprint density at radius 2 is 2.00 bits per heavy atom. The molecule has 0 bridgehead atoms. The van der Waals surface area contributed by atoms with E-state index in [1.165, 1.54) is 6.07 Å². The Kier molecular flexibility index (Phi) is 7.18. The second kappa shape index (κ2) is 9.37. The van der Waals surface area contributed by atoms with Crippen LogP contribution in [-0.2, 0) is 20.7 Å². The van der Waals surface area contributed by atoms with Gasteiger partial charge >= 0.3 is 5.97 Å². The van der Waals surface area contributed by atoms with Gasteiger partial charge in [-0.15, -0.1) is 0 Å². The highest BCUT2D eigenvalue weighted by molar-refractivity contribution is 5.78. The van der Waals surface area contributed by atoms with E-state index in [2.05, 4.69) is 5.32 Å². The molecule has 6 heteroatoms. The van der Waals surface area contributed by atoms with Crippen molar-refractivity contribution < 1.29 is 18.7 Å². The molecule has 1 amide bonds. The number of rotatable bonds is 7. The van der Waals surface area contributed by atoms with E-state index in [9.17, 15) is 14.0 Å². The summed E-state index contributed by atoms with van der Waals surface area (Å²) in [6.45, 7) is 4.36. The Bertz CT molecular complexity index is 557. The van der Waals surface area contributed by atoms with Gasteiger partial charge in [0.2, 0.25) is 5.91 Å². The molecule has 1 aromatic rings. The standard InChI is InChI=1S/C18H25FN2O3/c1-2-24-18(23)15-8-11-21(12-9-15)13-17(22)20-10-7-14-5-3-4-6-16(14)19/h3-6,15H,2,7-13H2,1H3,(H,20,22). The van der Waals surface area contributed by atoms with Gasteiger partial charge in [0.25, 0.3) is 0 Å². The lowest BCUT2D eigenvalue weighted by Crippen LogP contribution is -2.43. The zero-order valence-corrected chi connectivity index (χ0v) is 14.1. The Morgan fingerprint density at radius 1 is 1.29 bits per heavy atom. The molecule has 1 heterocycles. The summed E-state index contributed by atoms with van der Waals surface area (Å²) in [7, 11) is 0. The molecule has 1 saturated heterocycles. The summed E-state index contributed by atoms with van der Waals surface area (Å²) in [5.74, 6) is -0.495. The van der Waals surface area contributed by atoms with Crippen LogP contribution in [0.3, 0.4) is 0 Å². The molecule has 0 atom stereocenters. The first-order valence-electron chi connectivity index (χ1n) is 8.49. The lowest BCUT2D eigenvalue weighted by atomic mass is 9.97. The van der Waals surface area contributed by atoms with Crippen molar-refractivity contribution in [2.75, 3.05) is 32.8 Å². The maximum absolute atomic E-state index is 13.5. The van der Waals surface area contributed by atoms with Gasteiger partial charge in [-0.05, 0) is 50.9 Å². The Hall–Kier alpha value is -1.95. The second-order valence-electron chi connectivity index (χ2n) is 5.99. The van der Waals surface area contributed by atoms with E-state index in [0.29, 0.717) is 44.8 Å². The summed E-state index contributed by atoms with van der Waals surface area (Å²) < 4.78 is 18.5. The minimum absolute atomic E-state index is 0.0506. The minimum atomic E-state index is -0.243. The van der Waals surface area contributed by atoms with Crippen LogP contribution in [0.25, 0.3) is 0 Å². The average Bonchev–Trinajstić information content (AvgIpc) is 2.57. The number of ether oxygens (including phenoxy) is 1. The van der Waals surface area contributed by atoms with Crippen LogP contribution in [0.2, 0.25) is 0 Å². The number of hydrogen-bond donors (Lipinski definition) is 1. The SMILES string of the molecule is CCOC(=O)C1CCN(CC(=O)NCCc2ccccc2F)CC1. The molecule has 5 nitrogen and oxygen atoms in total. The van der Waals surface area contributed by atoms with Crippen LogP contribution in [-0.4, -0.2) is 49.6 Å². The lowest BCUT2D eigenvalue weighted by Gasteiger charge is -2.30. The molecule has 0 spiro atoms. The van der Waals surface area contributed by atoms with Crippen molar-refractivity contribution in [3.63, 3.8) is 0 Å². The molecular formula is C18H25FN2O3. The quantitative estimate of drug-likeness (QED) is 0.771. The number of likely N-dealkylation sites (tertiary alicyclic amines) is 1. The van der Waals surface area contributed by atoms with Crippen LogP contribution < -0.4 is 5.32 Å². The third kappa shape index (κ3) is 5.60. The van der Waals surface area contributed by atoms with Crippen molar-refractivity contribution in [2.45, 2.75) is 26.2 Å². The highest BCUT2D eigenvalue weighted by atomic mass is 19.1. The first-order chi connectivity index (χ1) is 11.6. The fourth-order valence-electron chi connectivity index (χ4n) is 2.88. The molecule has 0 aliphatic carbocycles. The molecule has 0 saturated carbocycles. The number of benzene rings is 1. The number of carbonyl (C=O) groups is 2. The molecule has 24 heavy (non-hydrogen) atoms. The number of nitrogens with one attached hydrogen (secondary N) is 1. The fraction of sp³-hybridized carbons (Fsp3) is 0.556. The summed E-state index contributed by atoms with van der Waals surface area (Å²) in [6.07, 6.45) is 1.92. The molecule has 0 radical (unpaired) electrons. The van der Waals surface area contributed by atoms with E-state index in [0.717, 1.165) is 12.8 Å². The zero-order chi connectivity index (χ0) is 17.4. The van der Waals surface area contributed by atoms with Gasteiger partial charge in [-0.1, -0.05) is 18.2 Å². The van der Waals surface area contributed by atoms with E-state index >= 15 is 0 Å². The van der Waals surface area contributed by atoms with Gasteiger partial charge in [0, 0.05) is 6.54 Å². The Labute approximate surface area is 142 Å². The van der Waals surface area contributed by atoms with Crippen molar-refractivity contribution in [3.05, 3.63) is 35.6 Å². The molecule has 2 rings (SSSR count). The number of hydrogen-bond acceptors (Lipinski definition) is 4. The van der Waals surface area contributed by atoms with Gasteiger partial charge in [0.05, 0.1) is 19.1 Å². The molecule has 1 aliphatic heterocycles. The smallest absolute Gasteiger partial charge is 0.309 e. The van der Waals surface area contributed by atoms with E-state index in [1.54, 1.807) is 25.1 Å². The highest BCUT2D eigenvalue weighted by Crippen LogP contribution is 2.18. The van der Waals surface area contributed by atoms with Crippen LogP contribution in [0.4, 0.5) is 4.39 Å². The largest absolute Gasteiger partial charge is 0.466 e. The molecule has 1 aromatic carbocycles. The van der Waals surface area contributed by atoms with E-state index in [-0.39, 0.29) is 23.6 Å². The molecule has 1 aliphatic rings. The Balaban J connectivity index is 1.65. The molecule has 1 fully saturated rings. The monoisotopic (exact) mass is 336 g/mol. The van der Waals surface area contributed by atoms with Crippen molar-refractivity contribution in [1.29, 1.82) is 0 Å². The second-order valence-corrected chi connectivity index (χ2v) is 5.99. The number of amides is 1. The number of piperidine rings is 1. The summed E-state index contributed by atoms with van der Waals surface area (Å²) in [4.78, 5) is 25.7. The number of nitrogens with zero attached hydrogens (tertiary/aromatic N) is 1. The molecule has 0 aromatic heterocycles. The first kappa shape index (κ1) is 18.4. The van der Waals surface area contributed by atoms with Gasteiger partial charge in [0.15, 0.2) is 0 Å². The summed E-state index contributed by atoms with van der Waals surface area (Å²) in [5.41, 5.74) is 0.605. The van der Waals surface area contributed by atoms with E-state index in [4.69, 9.17) is 4.74 Å². The molecule has 1 N–H and O–H groups in total. The van der Waals surface area contributed by atoms with Crippen LogP contribution >= 0.6 is 0 Å². The van der Waals surface area contributed by atoms with E-state index in [1.807, 2.05) is 4.90 Å². The maximum atomic E-state index is 13.5. The lowest BCUT2D eigenvalue weighted by molar-refractivity contribution is -0.149. The van der Waals surface area contributed by atoms with Gasteiger partial charge in [-0.25, -0.2) is 4.39 Å². The Morgan fingerprint density at radius 3 is 2.67 bits per heavy atom. The van der Waals surface area contributed by atoms with Crippen LogP contribution in [0.15, 0.2) is 24.3 Å². The number of halogens is 1. The number of esters is 1. The van der Waals surface area contributed by atoms with Crippen molar-refractivity contribution >= 4 is 11.9 Å². The van der Waals surface area contributed by atoms with Crippen LogP contribution in [0.1, 0.15) is 25.3 Å². The van der Waals surface area contributed by atoms with Gasteiger partial charge in [-0.2, -0.15) is 0 Å². The summed E-state index contributed by atoms with van der Waals surface area (Å²) in [5, 5.41) is 2.82. The van der Waals surface area contributed by atoms with E-state index < -0.39 is 0 Å². The summed E-state index contributed by atoms with van der Waals surface area (Å²) >= 11 is 0. The van der Waals surface area contributed by atoms with Gasteiger partial charge in [-0.3, -0.25) is 14.5 Å². The van der Waals surface area contributed by atoms with Crippen molar-refractivity contribution in [2.24, 2.45) is 5.92 Å². The predicted molar refractivity (Wildman–Crippen MR) is 88.9 cm³/mol. The zero-order valence-electron chi connectivity index (χ0n) is 14.1. The first-order valence-corrected chi connectivity index (χ1v) is 8.49. The molecular weight excluding hydrogens is 311 g/mol. The topological polar surface area (TPSA) is 58.6 Å². The predicted octanol–water partition coefficient (Wildman–Crippen LogP) is 1.76. The molecule has 0 unspecified atom stereocenters. The minimum Gasteiger partial charge on any atom is -0.466 e. The summed E-state index contributed by atoms with van der Waals surface area (Å²) in [6, 6.07) is 6.58. The fourth-order valence-corrected chi connectivity index (χ4v) is 2.88. The molecule has 132 valence electrons. The van der Waals surface area contributed by atoms with Crippen molar-refractivity contribution in [1.82, 2.24) is 10.2 Å². The third-order valence-electron chi connectivity index (χ3n) is 4.25. The van der Waals surface area contributed by atoms with Gasteiger partial charge in [0.1, 0.15) is 5.82 Å². The van der Waals surface area contributed by atoms with Crippen LogP contribution in [0, 0.1) is 11.7 Å². The highest BCUT2D eigenvalue weighted by Gasteiger charge is 2.26.